The molecule has 2 fully saturated rings. The molecule has 3 rings (SSSR count). The highest BCUT2D eigenvalue weighted by Crippen LogP contribution is 2.26. The minimum Gasteiger partial charge on any atom is -0.442 e. The highest BCUT2D eigenvalue weighted by atomic mass is 32.1. The van der Waals surface area contributed by atoms with E-state index in [2.05, 4.69) is 10.6 Å². The Balaban J connectivity index is 1.42. The SMILES string of the molecule is O=C1OC(CNC(=S)NC2CCCCC2)CN1c1cccs1. The molecule has 1 aromatic rings. The summed E-state index contributed by atoms with van der Waals surface area (Å²) >= 11 is 6.87. The number of ether oxygens (including phenoxy) is 1. The zero-order valence-corrected chi connectivity index (χ0v) is 14.0. The molecule has 1 atom stereocenters. The van der Waals surface area contributed by atoms with E-state index in [0.717, 1.165) is 5.00 Å². The molecule has 22 heavy (non-hydrogen) atoms. The van der Waals surface area contributed by atoms with E-state index in [1.807, 2.05) is 17.5 Å². The van der Waals surface area contributed by atoms with Crippen molar-refractivity contribution in [2.24, 2.45) is 0 Å². The molecule has 0 radical (unpaired) electrons. The highest BCUT2D eigenvalue weighted by Gasteiger charge is 2.32. The van der Waals surface area contributed by atoms with Crippen LogP contribution in [-0.2, 0) is 4.74 Å². The van der Waals surface area contributed by atoms with Crippen molar-refractivity contribution < 1.29 is 9.53 Å². The van der Waals surface area contributed by atoms with Crippen LogP contribution in [0.3, 0.4) is 0 Å². The number of rotatable bonds is 4. The average molecular weight is 339 g/mol. The molecule has 7 heteroatoms. The molecule has 1 saturated heterocycles. The van der Waals surface area contributed by atoms with Gasteiger partial charge in [-0.05, 0) is 42.6 Å². The van der Waals surface area contributed by atoms with Gasteiger partial charge in [0.1, 0.15) is 11.1 Å². The smallest absolute Gasteiger partial charge is 0.415 e. The van der Waals surface area contributed by atoms with Crippen LogP contribution < -0.4 is 15.5 Å². The second-order valence-corrected chi connectivity index (χ2v) is 7.09. The average Bonchev–Trinajstić information content (AvgIpc) is 3.15. The summed E-state index contributed by atoms with van der Waals surface area (Å²) in [6.07, 6.45) is 5.81. The van der Waals surface area contributed by atoms with E-state index in [9.17, 15) is 4.79 Å². The number of amides is 1. The fraction of sp³-hybridized carbons (Fsp3) is 0.600. The maximum Gasteiger partial charge on any atom is 0.415 e. The van der Waals surface area contributed by atoms with Crippen molar-refractivity contribution in [3.63, 3.8) is 0 Å². The van der Waals surface area contributed by atoms with Crippen molar-refractivity contribution in [3.05, 3.63) is 17.5 Å². The molecule has 5 nitrogen and oxygen atoms in total. The molecular weight excluding hydrogens is 318 g/mol. The molecule has 120 valence electrons. The Kier molecular flexibility index (Phi) is 5.15. The number of carbonyl (C=O) groups excluding carboxylic acids is 1. The third-order valence-electron chi connectivity index (χ3n) is 4.08. The summed E-state index contributed by atoms with van der Waals surface area (Å²) in [5.74, 6) is 0. The lowest BCUT2D eigenvalue weighted by Crippen LogP contribution is -2.45. The molecule has 1 saturated carbocycles. The van der Waals surface area contributed by atoms with Crippen LogP contribution in [-0.4, -0.2) is 36.4 Å². The summed E-state index contributed by atoms with van der Waals surface area (Å²) in [4.78, 5) is 13.6. The number of anilines is 1. The Morgan fingerprint density at radius 2 is 2.23 bits per heavy atom. The van der Waals surface area contributed by atoms with Gasteiger partial charge in [0.15, 0.2) is 5.11 Å². The van der Waals surface area contributed by atoms with Gasteiger partial charge in [-0.25, -0.2) is 4.79 Å². The Bertz CT molecular complexity index is 515. The first-order valence-electron chi connectivity index (χ1n) is 7.78. The fourth-order valence-corrected chi connectivity index (χ4v) is 3.90. The first-order valence-corrected chi connectivity index (χ1v) is 9.07. The lowest BCUT2D eigenvalue weighted by molar-refractivity contribution is 0.142. The van der Waals surface area contributed by atoms with Crippen LogP contribution in [0.15, 0.2) is 17.5 Å². The van der Waals surface area contributed by atoms with Gasteiger partial charge in [0.05, 0.1) is 13.1 Å². The van der Waals surface area contributed by atoms with Crippen LogP contribution in [0.1, 0.15) is 32.1 Å². The van der Waals surface area contributed by atoms with Crippen LogP contribution in [0.4, 0.5) is 9.80 Å². The van der Waals surface area contributed by atoms with E-state index < -0.39 is 0 Å². The highest BCUT2D eigenvalue weighted by molar-refractivity contribution is 7.80. The molecule has 2 aliphatic rings. The monoisotopic (exact) mass is 339 g/mol. The Morgan fingerprint density at radius 1 is 1.41 bits per heavy atom. The van der Waals surface area contributed by atoms with Gasteiger partial charge in [0.25, 0.3) is 0 Å². The van der Waals surface area contributed by atoms with Gasteiger partial charge in [0.2, 0.25) is 0 Å². The summed E-state index contributed by atoms with van der Waals surface area (Å²) in [6.45, 7) is 1.12. The molecule has 1 aromatic heterocycles. The fourth-order valence-electron chi connectivity index (χ4n) is 2.92. The van der Waals surface area contributed by atoms with E-state index >= 15 is 0 Å². The van der Waals surface area contributed by atoms with Crippen LogP contribution >= 0.6 is 23.6 Å². The van der Waals surface area contributed by atoms with Crippen molar-refractivity contribution >= 4 is 39.8 Å². The molecular formula is C15H21N3O2S2. The molecule has 1 amide bonds. The number of nitrogens with zero attached hydrogens (tertiary/aromatic N) is 1. The van der Waals surface area contributed by atoms with Gasteiger partial charge in [-0.3, -0.25) is 4.90 Å². The molecule has 0 bridgehead atoms. The van der Waals surface area contributed by atoms with Crippen molar-refractivity contribution in [2.75, 3.05) is 18.0 Å². The normalized spacial score (nSPS) is 22.5. The molecule has 0 spiro atoms. The third kappa shape index (κ3) is 3.89. The van der Waals surface area contributed by atoms with Crippen molar-refractivity contribution in [2.45, 2.75) is 44.2 Å². The first-order chi connectivity index (χ1) is 10.7. The van der Waals surface area contributed by atoms with E-state index in [0.29, 0.717) is 24.2 Å². The number of carbonyl (C=O) groups is 1. The van der Waals surface area contributed by atoms with E-state index in [-0.39, 0.29) is 12.2 Å². The van der Waals surface area contributed by atoms with Crippen molar-refractivity contribution in [3.8, 4) is 0 Å². The quantitative estimate of drug-likeness (QED) is 0.826. The summed E-state index contributed by atoms with van der Waals surface area (Å²) in [5.41, 5.74) is 0. The predicted octanol–water partition coefficient (Wildman–Crippen LogP) is 2.87. The first kappa shape index (κ1) is 15.6. The molecule has 1 aliphatic heterocycles. The lowest BCUT2D eigenvalue weighted by atomic mass is 9.96. The van der Waals surface area contributed by atoms with Gasteiger partial charge in [-0.2, -0.15) is 0 Å². The van der Waals surface area contributed by atoms with Gasteiger partial charge in [-0.1, -0.05) is 19.3 Å². The molecule has 1 aliphatic carbocycles. The third-order valence-corrected chi connectivity index (χ3v) is 5.23. The summed E-state index contributed by atoms with van der Waals surface area (Å²) < 4.78 is 5.38. The lowest BCUT2D eigenvalue weighted by Gasteiger charge is -2.24. The van der Waals surface area contributed by atoms with Crippen molar-refractivity contribution in [1.29, 1.82) is 0 Å². The predicted molar refractivity (Wildman–Crippen MR) is 92.5 cm³/mol. The molecule has 2 N–H and O–H groups in total. The molecule has 1 unspecified atom stereocenters. The number of nitrogens with one attached hydrogen (secondary N) is 2. The standard InChI is InChI=1S/C15H21N3O2S2/c19-15-18(13-7-4-8-22-13)10-12(20-15)9-16-14(21)17-11-5-2-1-3-6-11/h4,7-8,11-12H,1-3,5-6,9-10H2,(H2,16,17,21). The second-order valence-electron chi connectivity index (χ2n) is 5.76. The summed E-state index contributed by atoms with van der Waals surface area (Å²) in [5, 5.41) is 10.1. The van der Waals surface area contributed by atoms with Gasteiger partial charge >= 0.3 is 6.09 Å². The Morgan fingerprint density at radius 3 is 2.95 bits per heavy atom. The minimum atomic E-state index is -0.277. The number of thiophene rings is 1. The maximum absolute atomic E-state index is 11.9. The largest absolute Gasteiger partial charge is 0.442 e. The zero-order valence-electron chi connectivity index (χ0n) is 12.4. The summed E-state index contributed by atoms with van der Waals surface area (Å²) in [6, 6.07) is 4.35. The zero-order chi connectivity index (χ0) is 15.4. The maximum atomic E-state index is 11.9. The van der Waals surface area contributed by atoms with E-state index in [1.165, 1.54) is 32.1 Å². The van der Waals surface area contributed by atoms with Crippen LogP contribution in [0.5, 0.6) is 0 Å². The number of thiocarbonyl (C=S) groups is 1. The Labute approximate surface area is 140 Å². The minimum absolute atomic E-state index is 0.166. The van der Waals surface area contributed by atoms with Gasteiger partial charge in [-0.15, -0.1) is 11.3 Å². The topological polar surface area (TPSA) is 53.6 Å². The molecule has 2 heterocycles. The number of cyclic esters (lactones) is 1. The van der Waals surface area contributed by atoms with Crippen LogP contribution in [0.2, 0.25) is 0 Å². The number of hydrogen-bond acceptors (Lipinski definition) is 4. The molecule has 0 aromatic carbocycles. The van der Waals surface area contributed by atoms with Gasteiger partial charge in [0, 0.05) is 6.04 Å². The van der Waals surface area contributed by atoms with E-state index in [1.54, 1.807) is 16.2 Å². The van der Waals surface area contributed by atoms with E-state index in [4.69, 9.17) is 17.0 Å². The van der Waals surface area contributed by atoms with Gasteiger partial charge < -0.3 is 15.4 Å². The van der Waals surface area contributed by atoms with Crippen LogP contribution in [0, 0.1) is 0 Å². The summed E-state index contributed by atoms with van der Waals surface area (Å²) in [7, 11) is 0. The Hall–Kier alpha value is -1.34. The number of hydrogen-bond donors (Lipinski definition) is 2. The second kappa shape index (κ2) is 7.28. The van der Waals surface area contributed by atoms with Crippen molar-refractivity contribution in [1.82, 2.24) is 10.6 Å². The van der Waals surface area contributed by atoms with Crippen LogP contribution in [0.25, 0.3) is 0 Å².